The van der Waals surface area contributed by atoms with Crippen molar-refractivity contribution in [1.82, 2.24) is 5.43 Å². The fourth-order valence-electron chi connectivity index (χ4n) is 1.36. The fourth-order valence-corrected chi connectivity index (χ4v) is 2.06. The van der Waals surface area contributed by atoms with Crippen LogP contribution in [0.2, 0.25) is 0 Å². The third-order valence-electron chi connectivity index (χ3n) is 2.31. The summed E-state index contributed by atoms with van der Waals surface area (Å²) < 4.78 is 37.6. The summed E-state index contributed by atoms with van der Waals surface area (Å²) in [6, 6.07) is 8.88. The Hall–Kier alpha value is -1.97. The maximum Gasteiger partial charge on any atom is 0.271 e. The van der Waals surface area contributed by atoms with Crippen LogP contribution in [0.5, 0.6) is 0 Å². The molecule has 0 radical (unpaired) electrons. The van der Waals surface area contributed by atoms with Crippen LogP contribution in [-0.2, 0) is 10.1 Å². The van der Waals surface area contributed by atoms with E-state index in [1.165, 1.54) is 6.07 Å². The second-order valence-electron chi connectivity index (χ2n) is 3.82. The fraction of sp³-hybridized carbons (Fsp3) is 0. The first-order valence-corrected chi connectivity index (χ1v) is 7.71. The highest BCUT2D eigenvalue weighted by molar-refractivity contribution is 9.10. The Balaban J connectivity index is 2.01. The predicted octanol–water partition coefficient (Wildman–Crippen LogP) is 1.71. The zero-order valence-electron chi connectivity index (χ0n) is 10.3. The highest BCUT2D eigenvalue weighted by Gasteiger charge is 2.07. The predicted molar refractivity (Wildman–Crippen MR) is 75.9 cm³/mol. The van der Waals surface area contributed by atoms with Crippen LogP contribution in [-0.4, -0.2) is 25.1 Å². The molecule has 1 N–H and O–H groups in total. The van der Waals surface area contributed by atoms with Crippen molar-refractivity contribution >= 4 is 38.2 Å². The average Bonchev–Trinajstić information content (AvgIpc) is 2.88. The van der Waals surface area contributed by atoms with Gasteiger partial charge in [0.1, 0.15) is 5.76 Å². The van der Waals surface area contributed by atoms with Crippen LogP contribution in [0.25, 0.3) is 0 Å². The van der Waals surface area contributed by atoms with Gasteiger partial charge in [0.25, 0.3) is 5.91 Å². The Morgan fingerprint density at radius 3 is 2.48 bits per heavy atom. The lowest BCUT2D eigenvalue weighted by atomic mass is 10.2. The molecule has 110 valence electrons. The average molecular weight is 372 g/mol. The van der Waals surface area contributed by atoms with E-state index in [1.807, 2.05) is 0 Å². The molecule has 1 aromatic carbocycles. The Kier molecular flexibility index (Phi) is 4.56. The van der Waals surface area contributed by atoms with Gasteiger partial charge in [-0.15, -0.1) is 0 Å². The molecule has 2 rings (SSSR count). The molecule has 0 aliphatic heterocycles. The van der Waals surface area contributed by atoms with Crippen LogP contribution in [0.3, 0.4) is 0 Å². The molecule has 0 fully saturated rings. The van der Waals surface area contributed by atoms with Crippen molar-refractivity contribution in [3.05, 3.63) is 52.2 Å². The first-order chi connectivity index (χ1) is 9.86. The molecular weight excluding hydrogens is 364 g/mol. The largest absolute Gasteiger partial charge is 0.742 e. The summed E-state index contributed by atoms with van der Waals surface area (Å²) in [5.74, 6) is -0.414. The number of rotatable bonds is 4. The molecular formula is C12H8BrN2O5S-. The lowest BCUT2D eigenvalue weighted by Gasteiger charge is -2.00. The first-order valence-electron chi connectivity index (χ1n) is 5.51. The molecule has 0 unspecified atom stereocenters. The van der Waals surface area contributed by atoms with Crippen LogP contribution in [0, 0.1) is 0 Å². The van der Waals surface area contributed by atoms with Gasteiger partial charge in [-0.3, -0.25) is 4.79 Å². The van der Waals surface area contributed by atoms with Gasteiger partial charge < -0.3 is 8.97 Å². The van der Waals surface area contributed by atoms with Crippen molar-refractivity contribution in [2.75, 3.05) is 0 Å². The van der Waals surface area contributed by atoms with Gasteiger partial charge in [-0.1, -0.05) is 15.9 Å². The summed E-state index contributed by atoms with van der Waals surface area (Å²) in [7, 11) is -4.64. The van der Waals surface area contributed by atoms with E-state index < -0.39 is 21.1 Å². The van der Waals surface area contributed by atoms with E-state index in [0.29, 0.717) is 5.56 Å². The van der Waals surface area contributed by atoms with Gasteiger partial charge in [-0.2, -0.15) is 5.10 Å². The minimum Gasteiger partial charge on any atom is -0.742 e. The zero-order chi connectivity index (χ0) is 15.5. The Bertz CT molecular complexity index is 780. The maximum atomic E-state index is 11.7. The molecule has 0 bridgehead atoms. The molecule has 0 aliphatic carbocycles. The number of furan rings is 1. The van der Waals surface area contributed by atoms with E-state index in [0.717, 1.165) is 16.8 Å². The zero-order valence-corrected chi connectivity index (χ0v) is 12.7. The molecule has 2 aromatic rings. The van der Waals surface area contributed by atoms with E-state index in [2.05, 4.69) is 26.5 Å². The molecule has 1 heterocycles. The summed E-state index contributed by atoms with van der Waals surface area (Å²) >= 11 is 3.25. The Morgan fingerprint density at radius 1 is 1.24 bits per heavy atom. The monoisotopic (exact) mass is 371 g/mol. The van der Waals surface area contributed by atoms with Gasteiger partial charge in [-0.05, 0) is 36.4 Å². The van der Waals surface area contributed by atoms with Crippen LogP contribution in [0.4, 0.5) is 0 Å². The van der Waals surface area contributed by atoms with Crippen molar-refractivity contribution in [2.45, 2.75) is 5.09 Å². The number of hydrazone groups is 1. The number of nitrogens with one attached hydrogen (secondary N) is 1. The smallest absolute Gasteiger partial charge is 0.271 e. The number of amides is 1. The minimum atomic E-state index is -4.64. The summed E-state index contributed by atoms with van der Waals surface area (Å²) in [5.41, 5.74) is 2.64. The second kappa shape index (κ2) is 6.20. The van der Waals surface area contributed by atoms with E-state index in [9.17, 15) is 17.8 Å². The molecule has 0 atom stereocenters. The van der Waals surface area contributed by atoms with Gasteiger partial charge in [0.05, 0.1) is 6.21 Å². The lowest BCUT2D eigenvalue weighted by molar-refractivity contribution is 0.0955. The summed E-state index contributed by atoms with van der Waals surface area (Å²) in [6.07, 6.45) is 1.09. The number of nitrogens with zero attached hydrogens (tertiary/aromatic N) is 1. The van der Waals surface area contributed by atoms with Crippen LogP contribution < -0.4 is 5.43 Å². The molecule has 0 aliphatic rings. The number of carbonyl (C=O) groups is 1. The third-order valence-corrected chi connectivity index (χ3v) is 3.55. The van der Waals surface area contributed by atoms with Crippen molar-refractivity contribution in [1.29, 1.82) is 0 Å². The molecule has 0 saturated heterocycles. The highest BCUT2D eigenvalue weighted by Crippen LogP contribution is 2.12. The van der Waals surface area contributed by atoms with Crippen LogP contribution >= 0.6 is 15.9 Å². The molecule has 1 amide bonds. The van der Waals surface area contributed by atoms with Crippen LogP contribution in [0.1, 0.15) is 16.1 Å². The topological polar surface area (TPSA) is 112 Å². The Labute approximate surface area is 128 Å². The van der Waals surface area contributed by atoms with Gasteiger partial charge in [0.15, 0.2) is 10.1 Å². The second-order valence-corrected chi connectivity index (χ2v) is 6.04. The quantitative estimate of drug-likeness (QED) is 0.499. The third kappa shape index (κ3) is 4.25. The molecule has 7 nitrogen and oxygen atoms in total. The van der Waals surface area contributed by atoms with E-state index in [-0.39, 0.29) is 5.76 Å². The molecule has 1 aromatic heterocycles. The molecule has 0 spiro atoms. The van der Waals surface area contributed by atoms with E-state index in [4.69, 9.17) is 4.42 Å². The van der Waals surface area contributed by atoms with E-state index >= 15 is 0 Å². The SMILES string of the molecule is O=C(NN=Cc1ccc(S(=O)(=O)[O-])o1)c1ccc(Br)cc1. The molecule has 0 saturated carbocycles. The van der Waals surface area contributed by atoms with Gasteiger partial charge in [0, 0.05) is 10.0 Å². The van der Waals surface area contributed by atoms with Gasteiger partial charge >= 0.3 is 0 Å². The number of hydrogen-bond donors (Lipinski definition) is 1. The van der Waals surface area contributed by atoms with Crippen molar-refractivity contribution in [3.63, 3.8) is 0 Å². The van der Waals surface area contributed by atoms with Gasteiger partial charge in [-0.25, -0.2) is 13.8 Å². The lowest BCUT2D eigenvalue weighted by Crippen LogP contribution is -2.17. The number of halogens is 1. The van der Waals surface area contributed by atoms with Crippen LogP contribution in [0.15, 0.2) is 55.5 Å². The van der Waals surface area contributed by atoms with Crippen molar-refractivity contribution in [2.24, 2.45) is 5.10 Å². The summed E-state index contributed by atoms with van der Waals surface area (Å²) in [6.45, 7) is 0. The maximum absolute atomic E-state index is 11.7. The Morgan fingerprint density at radius 2 is 1.90 bits per heavy atom. The summed E-state index contributed by atoms with van der Waals surface area (Å²) in [4.78, 5) is 11.7. The molecule has 21 heavy (non-hydrogen) atoms. The standard InChI is InChI=1S/C12H9BrN2O5S/c13-9-3-1-8(2-4-9)12(16)15-14-7-10-5-6-11(20-10)21(17,18)19/h1-7H,(H,15,16)(H,17,18,19)/p-1. The normalized spacial score (nSPS) is 11.7. The van der Waals surface area contributed by atoms with E-state index in [1.54, 1.807) is 24.3 Å². The van der Waals surface area contributed by atoms with Crippen molar-refractivity contribution < 1.29 is 22.2 Å². The van der Waals surface area contributed by atoms with Crippen molar-refractivity contribution in [3.8, 4) is 0 Å². The highest BCUT2D eigenvalue weighted by atomic mass is 79.9. The number of benzene rings is 1. The summed E-state index contributed by atoms with van der Waals surface area (Å²) in [5, 5.41) is 2.90. The van der Waals surface area contributed by atoms with Gasteiger partial charge in [0.2, 0.25) is 5.09 Å². The minimum absolute atomic E-state index is 0.0283. The first kappa shape index (κ1) is 15.4. The number of carbonyl (C=O) groups excluding carboxylic acids is 1. The molecule has 9 heteroatoms. The number of hydrogen-bond acceptors (Lipinski definition) is 6.